The van der Waals surface area contributed by atoms with Crippen LogP contribution in [0.1, 0.15) is 0 Å². The highest BCUT2D eigenvalue weighted by Crippen LogP contribution is 2.16. The van der Waals surface area contributed by atoms with Crippen molar-refractivity contribution in [1.29, 1.82) is 0 Å². The van der Waals surface area contributed by atoms with E-state index in [4.69, 9.17) is 16.7 Å². The average Bonchev–Trinajstić information content (AvgIpc) is 2.42. The summed E-state index contributed by atoms with van der Waals surface area (Å²) in [5.41, 5.74) is 1.38. The van der Waals surface area contributed by atoms with Crippen LogP contribution in [0, 0.1) is 0 Å². The molecule has 0 aliphatic heterocycles. The maximum absolute atomic E-state index is 11.8. The van der Waals surface area contributed by atoms with Crippen LogP contribution in [0.4, 0.5) is 21.9 Å². The van der Waals surface area contributed by atoms with E-state index in [1.807, 2.05) is 0 Å². The van der Waals surface area contributed by atoms with E-state index in [0.717, 1.165) is 0 Å². The molecule has 0 atom stereocenters. The number of nitrogens with one attached hydrogen (secondary N) is 3. The van der Waals surface area contributed by atoms with Crippen molar-refractivity contribution >= 4 is 44.9 Å². The Kier molecular flexibility index (Phi) is 4.86. The molecular weight excluding hydrogens is 328 g/mol. The predicted octanol–water partition coefficient (Wildman–Crippen LogP) is 2.60. The normalized spacial score (nSPS) is 10.8. The molecule has 0 heterocycles. The van der Waals surface area contributed by atoms with Gasteiger partial charge in [-0.3, -0.25) is 4.72 Å². The van der Waals surface area contributed by atoms with Crippen molar-refractivity contribution in [2.75, 3.05) is 15.4 Å². The van der Waals surface area contributed by atoms with Gasteiger partial charge >= 0.3 is 6.03 Å². The van der Waals surface area contributed by atoms with Crippen LogP contribution < -0.4 is 20.5 Å². The fourth-order valence-corrected chi connectivity index (χ4v) is 2.20. The van der Waals surface area contributed by atoms with E-state index in [1.165, 1.54) is 24.3 Å². The topological polar surface area (TPSA) is 113 Å². The van der Waals surface area contributed by atoms with Crippen molar-refractivity contribution in [3.63, 3.8) is 0 Å². The predicted molar refractivity (Wildman–Crippen MR) is 87.3 cm³/mol. The summed E-state index contributed by atoms with van der Waals surface area (Å²) in [6.45, 7) is 0. The molecule has 2 amide bonds. The van der Waals surface area contributed by atoms with E-state index in [0.29, 0.717) is 22.1 Å². The number of amides is 2. The van der Waals surface area contributed by atoms with E-state index in [9.17, 15) is 13.2 Å². The lowest BCUT2D eigenvalue weighted by Gasteiger charge is -2.09. The standard InChI is InChI=1S/C13H13ClN4O3S/c14-9-1-3-10(4-2-9)16-13(19)17-11-5-7-12(8-6-11)18-22(15,20)21/h1-8,18H,(H2,15,20,21)(H2,16,17,19). The van der Waals surface area contributed by atoms with Gasteiger partial charge in [-0.05, 0) is 48.5 Å². The smallest absolute Gasteiger partial charge is 0.308 e. The molecule has 0 saturated carbocycles. The van der Waals surface area contributed by atoms with Gasteiger partial charge in [-0.25, -0.2) is 9.93 Å². The van der Waals surface area contributed by atoms with Gasteiger partial charge in [0, 0.05) is 22.1 Å². The molecule has 0 saturated heterocycles. The number of carbonyl (C=O) groups is 1. The van der Waals surface area contributed by atoms with Gasteiger partial charge in [0.25, 0.3) is 10.2 Å². The minimum atomic E-state index is -3.82. The van der Waals surface area contributed by atoms with Crippen molar-refractivity contribution in [2.45, 2.75) is 0 Å². The average molecular weight is 341 g/mol. The Morgan fingerprint density at radius 3 is 1.73 bits per heavy atom. The molecule has 0 aromatic heterocycles. The van der Waals surface area contributed by atoms with Gasteiger partial charge in [-0.1, -0.05) is 11.6 Å². The molecular formula is C13H13ClN4O3S. The SMILES string of the molecule is NS(=O)(=O)Nc1ccc(NC(=O)Nc2ccc(Cl)cc2)cc1. The van der Waals surface area contributed by atoms with E-state index in [1.54, 1.807) is 24.3 Å². The minimum Gasteiger partial charge on any atom is -0.308 e. The molecule has 116 valence electrons. The molecule has 0 radical (unpaired) electrons. The summed E-state index contributed by atoms with van der Waals surface area (Å²) in [6.07, 6.45) is 0. The van der Waals surface area contributed by atoms with Crippen LogP contribution in [0.5, 0.6) is 0 Å². The van der Waals surface area contributed by atoms with Gasteiger partial charge < -0.3 is 10.6 Å². The highest BCUT2D eigenvalue weighted by molar-refractivity contribution is 7.90. The monoisotopic (exact) mass is 340 g/mol. The second-order valence-corrected chi connectivity index (χ2v) is 6.04. The zero-order chi connectivity index (χ0) is 16.2. The molecule has 0 aliphatic rings. The summed E-state index contributed by atoms with van der Waals surface area (Å²) in [5.74, 6) is 0. The first-order valence-electron chi connectivity index (χ1n) is 6.06. The van der Waals surface area contributed by atoms with Crippen molar-refractivity contribution in [3.05, 3.63) is 53.6 Å². The van der Waals surface area contributed by atoms with Crippen molar-refractivity contribution < 1.29 is 13.2 Å². The zero-order valence-electron chi connectivity index (χ0n) is 11.2. The molecule has 0 spiro atoms. The third kappa shape index (κ3) is 5.24. The highest BCUT2D eigenvalue weighted by Gasteiger charge is 2.05. The van der Waals surface area contributed by atoms with Crippen molar-refractivity contribution in [1.82, 2.24) is 0 Å². The van der Waals surface area contributed by atoms with E-state index in [-0.39, 0.29) is 0 Å². The molecule has 2 rings (SSSR count). The Bertz CT molecular complexity index is 761. The second kappa shape index (κ2) is 6.65. The molecule has 2 aromatic rings. The molecule has 0 bridgehead atoms. The molecule has 22 heavy (non-hydrogen) atoms. The largest absolute Gasteiger partial charge is 0.323 e. The van der Waals surface area contributed by atoms with E-state index >= 15 is 0 Å². The Morgan fingerprint density at radius 2 is 1.27 bits per heavy atom. The third-order valence-corrected chi connectivity index (χ3v) is 3.28. The number of carbonyl (C=O) groups excluding carboxylic acids is 1. The van der Waals surface area contributed by atoms with Crippen LogP contribution in [-0.4, -0.2) is 14.4 Å². The lowest BCUT2D eigenvalue weighted by Crippen LogP contribution is -2.22. The van der Waals surface area contributed by atoms with Gasteiger partial charge in [0.05, 0.1) is 0 Å². The number of hydrogen-bond acceptors (Lipinski definition) is 3. The summed E-state index contributed by atoms with van der Waals surface area (Å²) < 4.78 is 23.9. The van der Waals surface area contributed by atoms with Crippen LogP contribution in [0.15, 0.2) is 48.5 Å². The van der Waals surface area contributed by atoms with Crippen molar-refractivity contribution in [2.24, 2.45) is 5.14 Å². The number of benzene rings is 2. The minimum absolute atomic E-state index is 0.297. The zero-order valence-corrected chi connectivity index (χ0v) is 12.8. The Labute approximate surface area is 132 Å². The summed E-state index contributed by atoms with van der Waals surface area (Å²) in [6, 6.07) is 12.2. The van der Waals surface area contributed by atoms with Crippen LogP contribution in [-0.2, 0) is 10.2 Å². The fraction of sp³-hybridized carbons (Fsp3) is 0. The maximum Gasteiger partial charge on any atom is 0.323 e. The van der Waals surface area contributed by atoms with Gasteiger partial charge in [0.1, 0.15) is 0 Å². The lowest BCUT2D eigenvalue weighted by molar-refractivity contribution is 0.262. The number of rotatable bonds is 4. The Hall–Kier alpha value is -2.29. The van der Waals surface area contributed by atoms with Crippen LogP contribution >= 0.6 is 11.6 Å². The molecule has 5 N–H and O–H groups in total. The second-order valence-electron chi connectivity index (χ2n) is 4.31. The van der Waals surface area contributed by atoms with Gasteiger partial charge in [0.2, 0.25) is 0 Å². The molecule has 7 nitrogen and oxygen atoms in total. The Morgan fingerprint density at radius 1 is 0.864 bits per heavy atom. The number of anilines is 3. The van der Waals surface area contributed by atoms with Crippen molar-refractivity contribution in [3.8, 4) is 0 Å². The van der Waals surface area contributed by atoms with Crippen LogP contribution in [0.3, 0.4) is 0 Å². The summed E-state index contributed by atoms with van der Waals surface area (Å²) in [4.78, 5) is 11.8. The maximum atomic E-state index is 11.8. The Balaban J connectivity index is 1.95. The number of urea groups is 1. The molecule has 9 heteroatoms. The first-order valence-corrected chi connectivity index (χ1v) is 7.98. The lowest BCUT2D eigenvalue weighted by atomic mass is 10.3. The van der Waals surface area contributed by atoms with Crippen LogP contribution in [0.2, 0.25) is 5.02 Å². The quantitative estimate of drug-likeness (QED) is 0.686. The molecule has 0 unspecified atom stereocenters. The molecule has 2 aromatic carbocycles. The number of halogens is 1. The number of nitrogens with two attached hydrogens (primary N) is 1. The first-order chi connectivity index (χ1) is 10.3. The van der Waals surface area contributed by atoms with Gasteiger partial charge in [0.15, 0.2) is 0 Å². The first kappa shape index (κ1) is 16.1. The number of hydrogen-bond donors (Lipinski definition) is 4. The van der Waals surface area contributed by atoms with E-state index < -0.39 is 16.2 Å². The van der Waals surface area contributed by atoms with Gasteiger partial charge in [-0.15, -0.1) is 0 Å². The molecule has 0 aliphatic carbocycles. The summed E-state index contributed by atoms with van der Waals surface area (Å²) in [5, 5.41) is 10.7. The van der Waals surface area contributed by atoms with E-state index in [2.05, 4.69) is 15.4 Å². The summed E-state index contributed by atoms with van der Waals surface area (Å²) in [7, 11) is -3.82. The molecule has 0 fully saturated rings. The summed E-state index contributed by atoms with van der Waals surface area (Å²) >= 11 is 5.75. The highest BCUT2D eigenvalue weighted by atomic mass is 35.5. The van der Waals surface area contributed by atoms with Crippen LogP contribution in [0.25, 0.3) is 0 Å². The third-order valence-electron chi connectivity index (χ3n) is 2.50. The fourth-order valence-electron chi connectivity index (χ4n) is 1.61. The van der Waals surface area contributed by atoms with Gasteiger partial charge in [-0.2, -0.15) is 8.42 Å².